The number of anilines is 1. The summed E-state index contributed by atoms with van der Waals surface area (Å²) < 4.78 is 1.98. The molecule has 8 nitrogen and oxygen atoms in total. The van der Waals surface area contributed by atoms with Crippen molar-refractivity contribution in [3.63, 3.8) is 0 Å². The molecule has 1 aromatic carbocycles. The molecule has 4 rings (SSSR count). The van der Waals surface area contributed by atoms with Crippen molar-refractivity contribution in [3.05, 3.63) is 41.5 Å². The Morgan fingerprint density at radius 1 is 1.13 bits per heavy atom. The van der Waals surface area contributed by atoms with Gasteiger partial charge in [0.05, 0.1) is 11.3 Å². The number of nitriles is 1. The highest BCUT2D eigenvalue weighted by Gasteiger charge is 2.24. The van der Waals surface area contributed by atoms with Crippen molar-refractivity contribution < 1.29 is 0 Å². The Labute approximate surface area is 184 Å². The lowest BCUT2D eigenvalue weighted by Gasteiger charge is -2.36. The van der Waals surface area contributed by atoms with Crippen LogP contribution in [0.2, 0.25) is 0 Å². The Morgan fingerprint density at radius 3 is 2.61 bits per heavy atom. The maximum absolute atomic E-state index is 9.49. The summed E-state index contributed by atoms with van der Waals surface area (Å²) in [5.41, 5.74) is 1.76. The zero-order valence-electron chi connectivity index (χ0n) is 18.5. The highest BCUT2D eigenvalue weighted by atomic mass is 15.3. The van der Waals surface area contributed by atoms with Gasteiger partial charge in [-0.2, -0.15) is 5.26 Å². The lowest BCUT2D eigenvalue weighted by molar-refractivity contribution is 0.463. The number of hydrogen-bond acceptors (Lipinski definition) is 5. The molecular weight excluding hydrogens is 388 g/mol. The lowest BCUT2D eigenvalue weighted by atomic mass is 10.0. The number of aryl methyl sites for hydroxylation is 1. The molecule has 0 spiro atoms. The molecule has 2 N–H and O–H groups in total. The van der Waals surface area contributed by atoms with Gasteiger partial charge in [0.1, 0.15) is 18.4 Å². The first kappa shape index (κ1) is 21.2. The molecule has 1 unspecified atom stereocenters. The second-order valence-electron chi connectivity index (χ2n) is 8.57. The van der Waals surface area contributed by atoms with Gasteiger partial charge in [-0.15, -0.1) is 10.2 Å². The van der Waals surface area contributed by atoms with Crippen LogP contribution >= 0.6 is 0 Å². The van der Waals surface area contributed by atoms with Crippen LogP contribution in [0.25, 0.3) is 0 Å². The number of benzene rings is 1. The molecule has 2 aromatic rings. The normalized spacial score (nSPS) is 20.0. The van der Waals surface area contributed by atoms with Gasteiger partial charge in [-0.1, -0.05) is 25.0 Å². The number of piperidine rings is 1. The van der Waals surface area contributed by atoms with Gasteiger partial charge in [-0.3, -0.25) is 0 Å². The second-order valence-corrected chi connectivity index (χ2v) is 8.57. The van der Waals surface area contributed by atoms with Gasteiger partial charge in [0.15, 0.2) is 11.8 Å². The minimum Gasteiger partial charge on any atom is -0.368 e. The van der Waals surface area contributed by atoms with Crippen LogP contribution in [0.1, 0.15) is 55.7 Å². The Hall–Kier alpha value is -3.08. The van der Waals surface area contributed by atoms with Gasteiger partial charge in [-0.05, 0) is 44.7 Å². The molecule has 1 saturated carbocycles. The molecule has 0 bridgehead atoms. The van der Waals surface area contributed by atoms with Crippen LogP contribution in [-0.4, -0.2) is 45.9 Å². The average molecular weight is 421 g/mol. The minimum absolute atomic E-state index is 0.273. The number of rotatable bonds is 5. The predicted octanol–water partition coefficient (Wildman–Crippen LogP) is 2.64. The smallest absolute Gasteiger partial charge is 0.192 e. The number of para-hydroxylation sites is 1. The molecule has 1 aliphatic carbocycles. The van der Waals surface area contributed by atoms with E-state index in [1.54, 1.807) is 0 Å². The van der Waals surface area contributed by atoms with Gasteiger partial charge in [0.25, 0.3) is 0 Å². The summed E-state index contributed by atoms with van der Waals surface area (Å²) in [5.74, 6) is 2.61. The van der Waals surface area contributed by atoms with Gasteiger partial charge in [0.2, 0.25) is 0 Å². The molecule has 2 fully saturated rings. The van der Waals surface area contributed by atoms with Crippen molar-refractivity contribution in [3.8, 4) is 6.07 Å². The highest BCUT2D eigenvalue weighted by Crippen LogP contribution is 2.24. The van der Waals surface area contributed by atoms with Crippen molar-refractivity contribution in [2.45, 2.75) is 64.1 Å². The number of hydrogen-bond donors (Lipinski definition) is 2. The molecule has 164 valence electrons. The Kier molecular flexibility index (Phi) is 6.70. The summed E-state index contributed by atoms with van der Waals surface area (Å²) in [6, 6.07) is 10.9. The summed E-state index contributed by atoms with van der Waals surface area (Å²) in [5, 5.41) is 25.2. The fraction of sp³-hybridized carbons (Fsp3) is 0.565. The van der Waals surface area contributed by atoms with Crippen LogP contribution in [0.4, 0.5) is 5.69 Å². The first-order chi connectivity index (χ1) is 15.1. The van der Waals surface area contributed by atoms with Crippen LogP contribution in [0.15, 0.2) is 29.3 Å². The zero-order chi connectivity index (χ0) is 21.6. The summed E-state index contributed by atoms with van der Waals surface area (Å²) in [7, 11) is 1.98. The van der Waals surface area contributed by atoms with E-state index in [0.717, 1.165) is 54.8 Å². The molecule has 1 saturated heterocycles. The zero-order valence-corrected chi connectivity index (χ0v) is 18.5. The number of aromatic nitrogens is 3. The third-order valence-electron chi connectivity index (χ3n) is 6.38. The van der Waals surface area contributed by atoms with E-state index in [4.69, 9.17) is 4.99 Å². The summed E-state index contributed by atoms with van der Waals surface area (Å²) in [4.78, 5) is 7.18. The SMILES string of the molecule is Cc1nnc(CN=C(NC2CCCC2)NC2CCCN(c3ccccc3C#N)C2)n1C. The molecule has 0 radical (unpaired) electrons. The van der Waals surface area contributed by atoms with Crippen molar-refractivity contribution >= 4 is 11.6 Å². The van der Waals surface area contributed by atoms with Gasteiger partial charge in [-0.25, -0.2) is 4.99 Å². The average Bonchev–Trinajstić information content (AvgIpc) is 3.42. The van der Waals surface area contributed by atoms with E-state index in [1.165, 1.54) is 25.7 Å². The van der Waals surface area contributed by atoms with Crippen molar-refractivity contribution in [2.24, 2.45) is 12.0 Å². The van der Waals surface area contributed by atoms with E-state index >= 15 is 0 Å². The summed E-state index contributed by atoms with van der Waals surface area (Å²) in [6.07, 6.45) is 7.09. The summed E-state index contributed by atoms with van der Waals surface area (Å²) >= 11 is 0. The quantitative estimate of drug-likeness (QED) is 0.570. The van der Waals surface area contributed by atoms with Crippen LogP contribution in [0.5, 0.6) is 0 Å². The molecular formula is C23H32N8. The van der Waals surface area contributed by atoms with Crippen LogP contribution in [0.3, 0.4) is 0 Å². The first-order valence-corrected chi connectivity index (χ1v) is 11.3. The third-order valence-corrected chi connectivity index (χ3v) is 6.38. The Balaban J connectivity index is 1.47. The maximum Gasteiger partial charge on any atom is 0.192 e. The molecule has 2 aliphatic rings. The molecule has 0 amide bonds. The van der Waals surface area contributed by atoms with Gasteiger partial charge in [0, 0.05) is 32.2 Å². The fourth-order valence-corrected chi connectivity index (χ4v) is 4.49. The third kappa shape index (κ3) is 5.16. The Morgan fingerprint density at radius 2 is 1.87 bits per heavy atom. The largest absolute Gasteiger partial charge is 0.368 e. The predicted molar refractivity (Wildman–Crippen MR) is 122 cm³/mol. The van der Waals surface area contributed by atoms with E-state index < -0.39 is 0 Å². The number of guanidine groups is 1. The van der Waals surface area contributed by atoms with E-state index in [-0.39, 0.29) is 6.04 Å². The van der Waals surface area contributed by atoms with Crippen molar-refractivity contribution in [1.82, 2.24) is 25.4 Å². The second kappa shape index (κ2) is 9.82. The molecule has 31 heavy (non-hydrogen) atoms. The molecule has 1 aliphatic heterocycles. The monoisotopic (exact) mass is 420 g/mol. The van der Waals surface area contributed by atoms with Crippen LogP contribution in [0, 0.1) is 18.3 Å². The molecule has 1 aromatic heterocycles. The maximum atomic E-state index is 9.49. The number of aliphatic imine (C=N–C) groups is 1. The molecule has 2 heterocycles. The van der Waals surface area contributed by atoms with Crippen molar-refractivity contribution in [2.75, 3.05) is 18.0 Å². The van der Waals surface area contributed by atoms with Crippen LogP contribution < -0.4 is 15.5 Å². The molecule has 1 atom stereocenters. The topological polar surface area (TPSA) is 94.2 Å². The number of nitrogens with one attached hydrogen (secondary N) is 2. The lowest BCUT2D eigenvalue weighted by Crippen LogP contribution is -2.53. The fourth-order valence-electron chi connectivity index (χ4n) is 4.49. The van der Waals surface area contributed by atoms with E-state index in [2.05, 4.69) is 31.8 Å². The standard InChI is InChI=1S/C23H32N8/c1-17-28-29-22(30(17)2)15-25-23(26-19-9-4-5-10-19)27-20-11-7-13-31(16-20)21-12-6-3-8-18(21)14-24/h3,6,8,12,19-20H,4-5,7,9-11,13,15-16H2,1-2H3,(H2,25,26,27). The Bertz CT molecular complexity index is 951. The van der Waals surface area contributed by atoms with Gasteiger partial charge >= 0.3 is 0 Å². The summed E-state index contributed by atoms with van der Waals surface area (Å²) in [6.45, 7) is 4.27. The number of nitrogens with zero attached hydrogens (tertiary/aromatic N) is 6. The van der Waals surface area contributed by atoms with Crippen molar-refractivity contribution in [1.29, 1.82) is 5.26 Å². The van der Waals surface area contributed by atoms with E-state index in [0.29, 0.717) is 12.6 Å². The molecule has 8 heteroatoms. The van der Waals surface area contributed by atoms with E-state index in [1.807, 2.05) is 42.8 Å². The minimum atomic E-state index is 0.273. The van der Waals surface area contributed by atoms with Gasteiger partial charge < -0.3 is 20.1 Å². The highest BCUT2D eigenvalue weighted by molar-refractivity contribution is 5.80. The van der Waals surface area contributed by atoms with Crippen LogP contribution in [-0.2, 0) is 13.6 Å². The van der Waals surface area contributed by atoms with E-state index in [9.17, 15) is 5.26 Å². The first-order valence-electron chi connectivity index (χ1n) is 11.3.